The Labute approximate surface area is 143 Å². The first kappa shape index (κ1) is 15.6. The molecule has 1 fully saturated rings. The number of pyridine rings is 1. The van der Waals surface area contributed by atoms with Gasteiger partial charge in [0, 0.05) is 17.6 Å². The Hall–Kier alpha value is -2.90. The summed E-state index contributed by atoms with van der Waals surface area (Å²) < 4.78 is 5.02. The third-order valence-electron chi connectivity index (χ3n) is 4.72. The quantitative estimate of drug-likeness (QED) is 0.691. The molecular formula is C17H19N5O3. The van der Waals surface area contributed by atoms with Crippen LogP contribution >= 0.6 is 0 Å². The number of anilines is 1. The molecule has 0 spiro atoms. The van der Waals surface area contributed by atoms with Gasteiger partial charge >= 0.3 is 6.16 Å². The number of carbonyl (C=O) groups is 1. The number of hydrogen-bond donors (Lipinski definition) is 2. The first-order valence-corrected chi connectivity index (χ1v) is 8.29. The lowest BCUT2D eigenvalue weighted by Gasteiger charge is -2.38. The maximum Gasteiger partial charge on any atom is 0.506 e. The largest absolute Gasteiger partial charge is 0.506 e. The molecule has 0 saturated carbocycles. The molecule has 3 aromatic heterocycles. The summed E-state index contributed by atoms with van der Waals surface area (Å²) in [4.78, 5) is 29.8. The summed E-state index contributed by atoms with van der Waals surface area (Å²) in [7, 11) is 0. The number of aryl methyl sites for hydroxylation is 1. The highest BCUT2D eigenvalue weighted by molar-refractivity contribution is 6.09. The van der Waals surface area contributed by atoms with Crippen LogP contribution in [0.3, 0.4) is 0 Å². The van der Waals surface area contributed by atoms with Crippen molar-refractivity contribution in [2.45, 2.75) is 38.8 Å². The zero-order valence-electron chi connectivity index (χ0n) is 14.1. The minimum absolute atomic E-state index is 0.230. The number of hydrogen-bond acceptors (Lipinski definition) is 6. The molecule has 4 heterocycles. The third-order valence-corrected chi connectivity index (χ3v) is 4.72. The molecule has 0 bridgehead atoms. The smallest absolute Gasteiger partial charge is 0.450 e. The van der Waals surface area contributed by atoms with E-state index in [2.05, 4.69) is 31.8 Å². The van der Waals surface area contributed by atoms with Gasteiger partial charge in [-0.2, -0.15) is 0 Å². The molecule has 0 amide bonds. The molecule has 2 atom stereocenters. The van der Waals surface area contributed by atoms with Crippen molar-refractivity contribution in [2.24, 2.45) is 0 Å². The number of nitrogens with zero attached hydrogens (tertiary/aromatic N) is 4. The number of piperidine rings is 1. The van der Waals surface area contributed by atoms with Crippen molar-refractivity contribution < 1.29 is 14.6 Å². The van der Waals surface area contributed by atoms with Crippen LogP contribution in [0.2, 0.25) is 0 Å². The summed E-state index contributed by atoms with van der Waals surface area (Å²) in [6.45, 7) is 4.45. The third kappa shape index (κ3) is 2.73. The molecule has 8 nitrogen and oxygen atoms in total. The Morgan fingerprint density at radius 3 is 3.04 bits per heavy atom. The maximum absolute atomic E-state index is 10.9. The van der Waals surface area contributed by atoms with E-state index in [0.717, 1.165) is 34.2 Å². The molecule has 8 heteroatoms. The zero-order chi connectivity index (χ0) is 17.6. The normalized spacial score (nSPS) is 21.0. The van der Waals surface area contributed by atoms with Crippen LogP contribution in [-0.4, -0.2) is 49.9 Å². The summed E-state index contributed by atoms with van der Waals surface area (Å²) in [6, 6.07) is 2.19. The molecule has 1 aliphatic rings. The molecule has 3 aromatic rings. The van der Waals surface area contributed by atoms with E-state index < -0.39 is 6.16 Å². The van der Waals surface area contributed by atoms with Crippen molar-refractivity contribution in [1.82, 2.24) is 19.9 Å². The molecule has 4 rings (SSSR count). The highest BCUT2D eigenvalue weighted by Crippen LogP contribution is 2.33. The zero-order valence-corrected chi connectivity index (χ0v) is 14.1. The molecule has 25 heavy (non-hydrogen) atoms. The Morgan fingerprint density at radius 1 is 1.40 bits per heavy atom. The van der Waals surface area contributed by atoms with Crippen molar-refractivity contribution in [3.8, 4) is 0 Å². The van der Waals surface area contributed by atoms with E-state index >= 15 is 0 Å². The van der Waals surface area contributed by atoms with Crippen LogP contribution in [0.25, 0.3) is 21.9 Å². The summed E-state index contributed by atoms with van der Waals surface area (Å²) >= 11 is 0. The summed E-state index contributed by atoms with van der Waals surface area (Å²) in [5.41, 5.74) is 1.56. The molecule has 130 valence electrons. The second kappa shape index (κ2) is 5.87. The van der Waals surface area contributed by atoms with Crippen molar-refractivity contribution in [3.05, 3.63) is 24.3 Å². The fourth-order valence-electron chi connectivity index (χ4n) is 3.54. The van der Waals surface area contributed by atoms with Gasteiger partial charge in [-0.25, -0.2) is 19.7 Å². The van der Waals surface area contributed by atoms with Gasteiger partial charge in [0.15, 0.2) is 0 Å². The number of carboxylic acid groups (broad SMARTS) is 1. The van der Waals surface area contributed by atoms with Gasteiger partial charge in [-0.05, 0) is 32.8 Å². The first-order valence-electron chi connectivity index (χ1n) is 8.29. The minimum atomic E-state index is -1.24. The van der Waals surface area contributed by atoms with Crippen LogP contribution in [0.15, 0.2) is 18.5 Å². The monoisotopic (exact) mass is 341 g/mol. The molecule has 0 aromatic carbocycles. The minimum Gasteiger partial charge on any atom is -0.450 e. The van der Waals surface area contributed by atoms with Gasteiger partial charge in [-0.1, -0.05) is 0 Å². The Morgan fingerprint density at radius 2 is 2.24 bits per heavy atom. The van der Waals surface area contributed by atoms with Crippen molar-refractivity contribution in [1.29, 1.82) is 0 Å². The van der Waals surface area contributed by atoms with Gasteiger partial charge in [0.25, 0.3) is 0 Å². The van der Waals surface area contributed by atoms with E-state index in [4.69, 9.17) is 9.84 Å². The Kier molecular flexibility index (Phi) is 3.67. The number of aromatic nitrogens is 4. The maximum atomic E-state index is 10.9. The van der Waals surface area contributed by atoms with E-state index in [9.17, 15) is 4.79 Å². The SMILES string of the molecule is Cc1nc(N2CC(OC(=O)O)CCC2C)c2c(cnc3[nH]ccc32)n1. The molecule has 1 saturated heterocycles. The lowest BCUT2D eigenvalue weighted by Crippen LogP contribution is -2.46. The molecule has 0 radical (unpaired) electrons. The first-order chi connectivity index (χ1) is 12.0. The number of rotatable bonds is 2. The van der Waals surface area contributed by atoms with Crippen LogP contribution in [0.1, 0.15) is 25.6 Å². The van der Waals surface area contributed by atoms with Gasteiger partial charge in [-0.3, -0.25) is 0 Å². The fourth-order valence-corrected chi connectivity index (χ4v) is 3.54. The van der Waals surface area contributed by atoms with Crippen LogP contribution < -0.4 is 4.90 Å². The molecule has 2 unspecified atom stereocenters. The highest BCUT2D eigenvalue weighted by Gasteiger charge is 2.30. The number of fused-ring (bicyclic) bond motifs is 3. The lowest BCUT2D eigenvalue weighted by molar-refractivity contribution is 0.0426. The predicted molar refractivity (Wildman–Crippen MR) is 92.9 cm³/mol. The fraction of sp³-hybridized carbons (Fsp3) is 0.412. The van der Waals surface area contributed by atoms with Gasteiger partial charge in [0.1, 0.15) is 23.4 Å². The molecular weight excluding hydrogens is 322 g/mol. The van der Waals surface area contributed by atoms with E-state index in [1.807, 2.05) is 19.2 Å². The number of ether oxygens (including phenoxy) is 1. The second-order valence-electron chi connectivity index (χ2n) is 6.44. The van der Waals surface area contributed by atoms with Gasteiger partial charge in [-0.15, -0.1) is 0 Å². The van der Waals surface area contributed by atoms with Crippen molar-refractivity contribution in [3.63, 3.8) is 0 Å². The van der Waals surface area contributed by atoms with Gasteiger partial charge in [0.2, 0.25) is 0 Å². The predicted octanol–water partition coefficient (Wildman–Crippen LogP) is 2.87. The van der Waals surface area contributed by atoms with E-state index in [0.29, 0.717) is 18.8 Å². The van der Waals surface area contributed by atoms with Crippen molar-refractivity contribution in [2.75, 3.05) is 11.4 Å². The van der Waals surface area contributed by atoms with E-state index in [-0.39, 0.29) is 12.1 Å². The molecule has 0 aliphatic carbocycles. The van der Waals surface area contributed by atoms with Crippen LogP contribution in [0.4, 0.5) is 10.6 Å². The summed E-state index contributed by atoms with van der Waals surface area (Å²) in [5.74, 6) is 1.47. The lowest BCUT2D eigenvalue weighted by atomic mass is 10.0. The van der Waals surface area contributed by atoms with Crippen molar-refractivity contribution >= 4 is 33.9 Å². The summed E-state index contributed by atoms with van der Waals surface area (Å²) in [6.07, 6.45) is 3.54. The Balaban J connectivity index is 1.86. The van der Waals surface area contributed by atoms with E-state index in [1.165, 1.54) is 0 Å². The number of H-pyrrole nitrogens is 1. The van der Waals surface area contributed by atoms with Crippen LogP contribution in [0, 0.1) is 6.92 Å². The van der Waals surface area contributed by atoms with Gasteiger partial charge in [0.05, 0.1) is 23.6 Å². The average molecular weight is 341 g/mol. The molecule has 1 aliphatic heterocycles. The standard InChI is InChI=1S/C17H19N5O3/c1-9-3-4-11(25-17(23)24)8-22(9)16-14-12-5-6-18-15(12)19-7-13(14)20-10(2)21-16/h5-7,9,11H,3-4,8H2,1-2H3,(H,18,19)(H,23,24). The topological polar surface area (TPSA) is 104 Å². The number of nitrogens with one attached hydrogen (secondary N) is 1. The van der Waals surface area contributed by atoms with Crippen LogP contribution in [-0.2, 0) is 4.74 Å². The highest BCUT2D eigenvalue weighted by atomic mass is 16.7. The summed E-state index contributed by atoms with van der Waals surface area (Å²) in [5, 5.41) is 10.8. The molecule has 2 N–H and O–H groups in total. The van der Waals surface area contributed by atoms with Gasteiger partial charge < -0.3 is 19.7 Å². The Bertz CT molecular complexity index is 954. The average Bonchev–Trinajstić information content (AvgIpc) is 3.04. The van der Waals surface area contributed by atoms with Crippen LogP contribution in [0.5, 0.6) is 0 Å². The second-order valence-corrected chi connectivity index (χ2v) is 6.44. The number of aromatic amines is 1. The van der Waals surface area contributed by atoms with E-state index in [1.54, 1.807) is 6.20 Å².